The summed E-state index contributed by atoms with van der Waals surface area (Å²) in [6.45, 7) is 0.872. The largest absolute Gasteiger partial charge is 0.387 e. The number of hydrogen-bond acceptors (Lipinski definition) is 2. The van der Waals surface area contributed by atoms with Gasteiger partial charge in [-0.2, -0.15) is 0 Å². The van der Waals surface area contributed by atoms with Crippen molar-refractivity contribution in [3.05, 3.63) is 194 Å². The van der Waals surface area contributed by atoms with Gasteiger partial charge >= 0.3 is 0 Å². The summed E-state index contributed by atoms with van der Waals surface area (Å²) in [4.78, 5) is 5.42. The predicted octanol–water partition coefficient (Wildman–Crippen LogP) is 12.2. The van der Waals surface area contributed by atoms with E-state index < -0.39 is 0 Å². The molecule has 50 heavy (non-hydrogen) atoms. The van der Waals surface area contributed by atoms with E-state index in [4.69, 9.17) is 4.98 Å². The highest BCUT2D eigenvalue weighted by molar-refractivity contribution is 6.16. The highest BCUT2D eigenvalue weighted by Gasteiger charge is 2.16. The van der Waals surface area contributed by atoms with Gasteiger partial charge in [0.1, 0.15) is 0 Å². The Balaban J connectivity index is 1.23. The molecule has 9 rings (SSSR count). The van der Waals surface area contributed by atoms with Crippen molar-refractivity contribution in [2.24, 2.45) is 0 Å². The third-order valence-electron chi connectivity index (χ3n) is 9.73. The van der Waals surface area contributed by atoms with Crippen molar-refractivity contribution >= 4 is 27.2 Å². The molecule has 0 aliphatic carbocycles. The quantitative estimate of drug-likeness (QED) is 0.183. The number of hydrogen-bond donors (Lipinski definition) is 1. The molecular weight excluding hydrogens is 605 g/mol. The molecule has 0 amide bonds. The summed E-state index contributed by atoms with van der Waals surface area (Å²) < 4.78 is 0. The van der Waals surface area contributed by atoms with Gasteiger partial charge in [0.05, 0.1) is 11.2 Å². The second-order valence-corrected chi connectivity index (χ2v) is 12.8. The van der Waals surface area contributed by atoms with E-state index in [1.54, 1.807) is 0 Å². The van der Waals surface area contributed by atoms with Crippen molar-refractivity contribution in [2.75, 3.05) is 6.54 Å². The maximum Gasteiger partial charge on any atom is 0.0794 e. The van der Waals surface area contributed by atoms with Gasteiger partial charge in [0.15, 0.2) is 0 Å². The van der Waals surface area contributed by atoms with Gasteiger partial charge in [-0.1, -0.05) is 170 Å². The lowest BCUT2D eigenvalue weighted by Crippen LogP contribution is -2.08. The van der Waals surface area contributed by atoms with Crippen molar-refractivity contribution in [1.82, 2.24) is 10.3 Å². The van der Waals surface area contributed by atoms with Crippen molar-refractivity contribution < 1.29 is 0 Å². The highest BCUT2D eigenvalue weighted by Crippen LogP contribution is 2.41. The van der Waals surface area contributed by atoms with Gasteiger partial charge in [-0.3, -0.25) is 0 Å². The van der Waals surface area contributed by atoms with Crippen LogP contribution in [0.15, 0.2) is 188 Å². The van der Waals surface area contributed by atoms with Crippen LogP contribution in [0.25, 0.3) is 83.0 Å². The summed E-state index contributed by atoms with van der Waals surface area (Å²) in [6.07, 6.45) is 6.44. The number of fused-ring (bicyclic) bond motifs is 3. The molecule has 1 aliphatic heterocycles. The minimum atomic E-state index is 0.872. The summed E-state index contributed by atoms with van der Waals surface area (Å²) in [6, 6.07) is 61.1. The van der Waals surface area contributed by atoms with E-state index in [-0.39, 0.29) is 0 Å². The van der Waals surface area contributed by atoms with E-state index in [2.05, 4.69) is 194 Å². The monoisotopic (exact) mass is 638 g/mol. The summed E-state index contributed by atoms with van der Waals surface area (Å²) in [5.74, 6) is 0. The van der Waals surface area contributed by atoms with Crippen molar-refractivity contribution in [2.45, 2.75) is 0 Å². The van der Waals surface area contributed by atoms with Crippen LogP contribution >= 0.6 is 0 Å². The van der Waals surface area contributed by atoms with E-state index in [9.17, 15) is 0 Å². The third-order valence-corrected chi connectivity index (χ3v) is 9.73. The zero-order valence-electron chi connectivity index (χ0n) is 27.6. The van der Waals surface area contributed by atoms with Crippen LogP contribution in [0.3, 0.4) is 0 Å². The number of pyridine rings is 1. The Morgan fingerprint density at radius 1 is 0.400 bits per heavy atom. The molecule has 1 aromatic heterocycles. The highest BCUT2D eigenvalue weighted by atomic mass is 14.8. The minimum absolute atomic E-state index is 0.872. The molecule has 0 atom stereocenters. The Hall–Kier alpha value is -6.51. The maximum atomic E-state index is 5.42. The summed E-state index contributed by atoms with van der Waals surface area (Å²) in [7, 11) is 0. The first-order valence-electron chi connectivity index (χ1n) is 17.2. The van der Waals surface area contributed by atoms with E-state index in [1.807, 2.05) is 0 Å². The molecule has 7 aromatic carbocycles. The Labute approximate surface area is 292 Å². The number of allylic oxidation sites excluding steroid dienone is 2. The van der Waals surface area contributed by atoms with Crippen LogP contribution in [-0.2, 0) is 0 Å². The molecule has 0 saturated carbocycles. The van der Waals surface area contributed by atoms with Gasteiger partial charge < -0.3 is 5.32 Å². The van der Waals surface area contributed by atoms with Crippen LogP contribution in [0.4, 0.5) is 0 Å². The molecule has 0 fully saturated rings. The smallest absolute Gasteiger partial charge is 0.0794 e. The zero-order valence-corrected chi connectivity index (χ0v) is 27.6. The fraction of sp³-hybridized carbons (Fsp3) is 0.0208. The topological polar surface area (TPSA) is 24.9 Å². The fourth-order valence-corrected chi connectivity index (χ4v) is 7.11. The first kappa shape index (κ1) is 29.6. The second kappa shape index (κ2) is 12.8. The van der Waals surface area contributed by atoms with Crippen LogP contribution in [-0.4, -0.2) is 11.5 Å². The molecule has 1 aliphatic rings. The average molecular weight is 639 g/mol. The lowest BCUT2D eigenvalue weighted by atomic mass is 9.90. The standard InChI is InChI=1S/C48H34N2/c1-3-10-33(11-4-1)35-17-23-39(24-18-35)45-31-47(40-27-21-36(22-28-40)34-12-5-2-6-13-34)50-48-43-16-8-7-15-42(43)44(30-46(45)48)38-25-19-37(20-26-38)41-14-9-29-49-32-41/h1-28,30-32,49H,29H2. The van der Waals surface area contributed by atoms with Crippen molar-refractivity contribution in [1.29, 1.82) is 0 Å². The number of nitrogens with one attached hydrogen (secondary N) is 1. The lowest BCUT2D eigenvalue weighted by Gasteiger charge is -2.16. The van der Waals surface area contributed by atoms with Crippen molar-refractivity contribution in [3.8, 4) is 55.8 Å². The second-order valence-electron chi connectivity index (χ2n) is 12.8. The first-order chi connectivity index (χ1) is 24.8. The lowest BCUT2D eigenvalue weighted by molar-refractivity contribution is 0.976. The predicted molar refractivity (Wildman–Crippen MR) is 212 cm³/mol. The number of aromatic nitrogens is 1. The molecule has 2 heterocycles. The van der Waals surface area contributed by atoms with Gasteiger partial charge in [0.25, 0.3) is 0 Å². The average Bonchev–Trinajstić information content (AvgIpc) is 3.21. The molecule has 2 heteroatoms. The van der Waals surface area contributed by atoms with Crippen LogP contribution in [0.5, 0.6) is 0 Å². The summed E-state index contributed by atoms with van der Waals surface area (Å²) in [5.41, 5.74) is 15.0. The molecule has 0 radical (unpaired) electrons. The minimum Gasteiger partial charge on any atom is -0.387 e. The normalized spacial score (nSPS) is 12.5. The Morgan fingerprint density at radius 2 is 0.880 bits per heavy atom. The van der Waals surface area contributed by atoms with E-state index in [0.29, 0.717) is 0 Å². The number of benzene rings is 7. The number of rotatable bonds is 6. The summed E-state index contributed by atoms with van der Waals surface area (Å²) in [5, 5.41) is 6.81. The van der Waals surface area contributed by atoms with Crippen LogP contribution in [0.2, 0.25) is 0 Å². The zero-order chi connectivity index (χ0) is 33.3. The van der Waals surface area contributed by atoms with E-state index in [1.165, 1.54) is 61.0 Å². The van der Waals surface area contributed by atoms with Crippen LogP contribution < -0.4 is 5.32 Å². The Morgan fingerprint density at radius 3 is 1.46 bits per heavy atom. The van der Waals surface area contributed by atoms with Gasteiger partial charge in [0.2, 0.25) is 0 Å². The molecule has 0 unspecified atom stereocenters. The van der Waals surface area contributed by atoms with Crippen LogP contribution in [0, 0.1) is 0 Å². The van der Waals surface area contributed by atoms with E-state index >= 15 is 0 Å². The molecule has 1 N–H and O–H groups in total. The SMILES string of the molecule is C1=CC(c2ccc(-c3cc4c(-c5ccc(-c6ccccc6)cc5)cc(-c5ccc(-c6ccccc6)cc5)nc4c4ccccc34)cc2)=CNC1. The Bertz CT molecular complexity index is 2530. The molecule has 0 spiro atoms. The molecule has 2 nitrogen and oxygen atoms in total. The van der Waals surface area contributed by atoms with Crippen LogP contribution in [0.1, 0.15) is 5.56 Å². The summed E-state index contributed by atoms with van der Waals surface area (Å²) >= 11 is 0. The maximum absolute atomic E-state index is 5.42. The van der Waals surface area contributed by atoms with Gasteiger partial charge in [0, 0.05) is 29.1 Å². The van der Waals surface area contributed by atoms with Gasteiger partial charge in [-0.25, -0.2) is 4.98 Å². The fourth-order valence-electron chi connectivity index (χ4n) is 7.11. The van der Waals surface area contributed by atoms with E-state index in [0.717, 1.165) is 34.1 Å². The van der Waals surface area contributed by atoms with Crippen molar-refractivity contribution in [3.63, 3.8) is 0 Å². The molecule has 0 saturated heterocycles. The first-order valence-corrected chi connectivity index (χ1v) is 17.2. The molecule has 0 bridgehead atoms. The van der Waals surface area contributed by atoms with Gasteiger partial charge in [-0.15, -0.1) is 0 Å². The third kappa shape index (κ3) is 5.57. The molecule has 236 valence electrons. The van der Waals surface area contributed by atoms with Gasteiger partial charge in [-0.05, 0) is 73.2 Å². The number of dihydropyridines is 1. The molecule has 8 aromatic rings. The molecular formula is C48H34N2. The number of nitrogens with zero attached hydrogens (tertiary/aromatic N) is 1. The Kier molecular flexibility index (Phi) is 7.60.